The minimum Gasteiger partial charge on any atom is -0.481 e. The molecular formula is C15H21NOS. The molecule has 0 aliphatic carbocycles. The van der Waals surface area contributed by atoms with E-state index in [1.54, 1.807) is 0 Å². The van der Waals surface area contributed by atoms with Gasteiger partial charge in [0, 0.05) is 23.4 Å². The zero-order valence-electron chi connectivity index (χ0n) is 11.3. The molecule has 0 unspecified atom stereocenters. The zero-order valence-corrected chi connectivity index (χ0v) is 12.1. The maximum absolute atomic E-state index is 5.51. The van der Waals surface area contributed by atoms with Crippen LogP contribution in [0.3, 0.4) is 0 Å². The van der Waals surface area contributed by atoms with Gasteiger partial charge in [0.2, 0.25) is 0 Å². The first kappa shape index (κ1) is 14.9. The Bertz CT molecular complexity index is 409. The Balaban J connectivity index is 2.54. The van der Waals surface area contributed by atoms with E-state index in [-0.39, 0.29) is 4.75 Å². The number of terminal acetylenes is 1. The van der Waals surface area contributed by atoms with Crippen LogP contribution in [0, 0.1) is 12.3 Å². The van der Waals surface area contributed by atoms with E-state index in [1.807, 2.05) is 30.0 Å². The van der Waals surface area contributed by atoms with E-state index in [9.17, 15) is 0 Å². The second kappa shape index (κ2) is 7.35. The normalized spacial score (nSPS) is 11.0. The molecule has 1 aromatic rings. The van der Waals surface area contributed by atoms with E-state index in [1.165, 1.54) is 0 Å². The van der Waals surface area contributed by atoms with E-state index >= 15 is 0 Å². The second-order valence-corrected chi connectivity index (χ2v) is 6.18. The lowest BCUT2D eigenvalue weighted by Gasteiger charge is -2.22. The van der Waals surface area contributed by atoms with E-state index in [2.05, 4.69) is 37.4 Å². The summed E-state index contributed by atoms with van der Waals surface area (Å²) in [6.07, 6.45) is 7.34. The number of para-hydroxylation sites is 1. The number of ether oxygens (including phenoxy) is 1. The first-order valence-electron chi connectivity index (χ1n) is 5.99. The number of rotatable bonds is 7. The summed E-state index contributed by atoms with van der Waals surface area (Å²) in [5, 5.41) is 3.46. The third kappa shape index (κ3) is 5.03. The molecule has 0 aromatic heterocycles. The summed E-state index contributed by atoms with van der Waals surface area (Å²) < 4.78 is 5.76. The van der Waals surface area contributed by atoms with Gasteiger partial charge in [-0.15, -0.1) is 6.42 Å². The Morgan fingerprint density at radius 2 is 2.11 bits per heavy atom. The van der Waals surface area contributed by atoms with E-state index in [0.717, 1.165) is 24.4 Å². The van der Waals surface area contributed by atoms with Crippen LogP contribution in [0.15, 0.2) is 24.3 Å². The lowest BCUT2D eigenvalue weighted by Crippen LogP contribution is -2.31. The number of hydrogen-bond donors (Lipinski definition) is 1. The van der Waals surface area contributed by atoms with Crippen LogP contribution in [0.5, 0.6) is 5.75 Å². The molecule has 0 bridgehead atoms. The molecule has 98 valence electrons. The van der Waals surface area contributed by atoms with Crippen molar-refractivity contribution in [2.45, 2.75) is 25.1 Å². The van der Waals surface area contributed by atoms with Crippen LogP contribution in [-0.2, 0) is 6.54 Å². The Hall–Kier alpha value is -1.11. The molecule has 0 fully saturated rings. The topological polar surface area (TPSA) is 21.3 Å². The van der Waals surface area contributed by atoms with Gasteiger partial charge in [-0.3, -0.25) is 0 Å². The summed E-state index contributed by atoms with van der Waals surface area (Å²) in [4.78, 5) is 0. The second-order valence-electron chi connectivity index (χ2n) is 4.67. The Morgan fingerprint density at radius 1 is 1.39 bits per heavy atom. The smallest absolute Gasteiger partial charge is 0.148 e. The largest absolute Gasteiger partial charge is 0.481 e. The highest BCUT2D eigenvalue weighted by atomic mass is 32.2. The number of benzene rings is 1. The maximum Gasteiger partial charge on any atom is 0.148 e. The average Bonchev–Trinajstić information content (AvgIpc) is 2.37. The van der Waals surface area contributed by atoms with Crippen molar-refractivity contribution in [2.75, 3.05) is 19.4 Å². The maximum atomic E-state index is 5.51. The molecule has 1 aromatic carbocycles. The van der Waals surface area contributed by atoms with Crippen LogP contribution in [0.2, 0.25) is 0 Å². The van der Waals surface area contributed by atoms with Crippen molar-refractivity contribution in [3.63, 3.8) is 0 Å². The molecule has 1 N–H and O–H groups in total. The van der Waals surface area contributed by atoms with Gasteiger partial charge in [0.1, 0.15) is 12.4 Å². The summed E-state index contributed by atoms with van der Waals surface area (Å²) in [7, 11) is 0. The number of thioether (sulfide) groups is 1. The van der Waals surface area contributed by atoms with Crippen molar-refractivity contribution < 1.29 is 4.74 Å². The Kier molecular flexibility index (Phi) is 6.11. The molecule has 0 radical (unpaired) electrons. The fourth-order valence-electron chi connectivity index (χ4n) is 1.48. The van der Waals surface area contributed by atoms with Crippen molar-refractivity contribution >= 4 is 11.8 Å². The average molecular weight is 263 g/mol. The van der Waals surface area contributed by atoms with Crippen molar-refractivity contribution in [1.29, 1.82) is 0 Å². The molecule has 18 heavy (non-hydrogen) atoms. The van der Waals surface area contributed by atoms with Gasteiger partial charge in [0.25, 0.3) is 0 Å². The van der Waals surface area contributed by atoms with Crippen LogP contribution < -0.4 is 10.1 Å². The summed E-state index contributed by atoms with van der Waals surface area (Å²) in [5.74, 6) is 3.35. The van der Waals surface area contributed by atoms with E-state index in [4.69, 9.17) is 11.2 Å². The Morgan fingerprint density at radius 3 is 2.78 bits per heavy atom. The highest BCUT2D eigenvalue weighted by Crippen LogP contribution is 2.21. The highest BCUT2D eigenvalue weighted by molar-refractivity contribution is 7.99. The lowest BCUT2D eigenvalue weighted by molar-refractivity contribution is 0.364. The summed E-state index contributed by atoms with van der Waals surface area (Å²) in [5.41, 5.74) is 1.14. The SMILES string of the molecule is C#CCOc1ccccc1CNCC(C)(C)SC. The van der Waals surface area contributed by atoms with Gasteiger partial charge in [0.15, 0.2) is 0 Å². The van der Waals surface area contributed by atoms with Crippen LogP contribution in [0.4, 0.5) is 0 Å². The van der Waals surface area contributed by atoms with Gasteiger partial charge in [-0.1, -0.05) is 24.1 Å². The van der Waals surface area contributed by atoms with E-state index < -0.39 is 0 Å². The van der Waals surface area contributed by atoms with Crippen LogP contribution in [0.1, 0.15) is 19.4 Å². The standard InChI is InChI=1S/C15H21NOS/c1-5-10-17-14-9-7-6-8-13(14)11-16-12-15(2,3)18-4/h1,6-9,16H,10-12H2,2-4H3. The van der Waals surface area contributed by atoms with Gasteiger partial charge in [-0.2, -0.15) is 11.8 Å². The molecule has 0 saturated carbocycles. The van der Waals surface area contributed by atoms with Crippen LogP contribution >= 0.6 is 11.8 Å². The molecular weight excluding hydrogens is 242 g/mol. The van der Waals surface area contributed by atoms with Crippen LogP contribution in [0.25, 0.3) is 0 Å². The molecule has 0 heterocycles. The number of nitrogens with one attached hydrogen (secondary N) is 1. The molecule has 0 spiro atoms. The molecule has 0 aliphatic rings. The van der Waals surface area contributed by atoms with Gasteiger partial charge in [-0.25, -0.2) is 0 Å². The monoisotopic (exact) mass is 263 g/mol. The summed E-state index contributed by atoms with van der Waals surface area (Å²) in [6, 6.07) is 7.99. The predicted molar refractivity (Wildman–Crippen MR) is 80.1 cm³/mol. The fourth-order valence-corrected chi connectivity index (χ4v) is 1.73. The van der Waals surface area contributed by atoms with Crippen molar-refractivity contribution in [1.82, 2.24) is 5.32 Å². The molecule has 3 heteroatoms. The van der Waals surface area contributed by atoms with Gasteiger partial charge in [-0.05, 0) is 26.2 Å². The Labute approximate surface area is 115 Å². The van der Waals surface area contributed by atoms with Gasteiger partial charge >= 0.3 is 0 Å². The third-order valence-corrected chi connectivity index (χ3v) is 3.95. The highest BCUT2D eigenvalue weighted by Gasteiger charge is 2.15. The lowest BCUT2D eigenvalue weighted by atomic mass is 10.1. The van der Waals surface area contributed by atoms with Crippen molar-refractivity contribution in [3.8, 4) is 18.1 Å². The van der Waals surface area contributed by atoms with Gasteiger partial charge in [0.05, 0.1) is 0 Å². The number of hydrogen-bond acceptors (Lipinski definition) is 3. The minimum atomic E-state index is 0.245. The first-order valence-corrected chi connectivity index (χ1v) is 7.21. The molecule has 0 saturated heterocycles. The van der Waals surface area contributed by atoms with Crippen molar-refractivity contribution in [3.05, 3.63) is 29.8 Å². The molecule has 0 amide bonds. The molecule has 2 nitrogen and oxygen atoms in total. The van der Waals surface area contributed by atoms with E-state index in [0.29, 0.717) is 6.61 Å². The fraction of sp³-hybridized carbons (Fsp3) is 0.467. The summed E-state index contributed by atoms with van der Waals surface area (Å²) >= 11 is 1.86. The third-order valence-electron chi connectivity index (χ3n) is 2.70. The zero-order chi connectivity index (χ0) is 13.4. The predicted octanol–water partition coefficient (Wildman–Crippen LogP) is 2.93. The molecule has 0 atom stereocenters. The van der Waals surface area contributed by atoms with Gasteiger partial charge < -0.3 is 10.1 Å². The van der Waals surface area contributed by atoms with Crippen LogP contribution in [-0.4, -0.2) is 24.2 Å². The quantitative estimate of drug-likeness (QED) is 0.764. The minimum absolute atomic E-state index is 0.245. The molecule has 1 rings (SSSR count). The summed E-state index contributed by atoms with van der Waals surface area (Å²) in [6.45, 7) is 6.52. The van der Waals surface area contributed by atoms with Crippen molar-refractivity contribution in [2.24, 2.45) is 0 Å². The first-order chi connectivity index (χ1) is 8.59. The molecule has 0 aliphatic heterocycles.